The summed E-state index contributed by atoms with van der Waals surface area (Å²) in [4.78, 5) is 12.9. The van der Waals surface area contributed by atoms with Crippen molar-refractivity contribution in [3.05, 3.63) is 112 Å². The topological polar surface area (TPSA) is 56.1 Å². The molecule has 1 amide bonds. The quantitative estimate of drug-likeness (QED) is 0.363. The van der Waals surface area contributed by atoms with E-state index in [1.165, 1.54) is 12.1 Å². The highest BCUT2D eigenvalue weighted by Gasteiger charge is 2.16. The zero-order valence-electron chi connectivity index (χ0n) is 19.9. The molecule has 0 saturated heterocycles. The molecule has 1 heterocycles. The molecule has 1 N–H and O–H groups in total. The third-order valence-corrected chi connectivity index (χ3v) is 5.87. The summed E-state index contributed by atoms with van der Waals surface area (Å²) >= 11 is 0. The number of anilines is 1. The van der Waals surface area contributed by atoms with Crippen LogP contribution in [0.2, 0.25) is 0 Å². The van der Waals surface area contributed by atoms with Gasteiger partial charge in [-0.05, 0) is 74.2 Å². The monoisotopic (exact) mass is 457 g/mol. The summed E-state index contributed by atoms with van der Waals surface area (Å²) in [6, 6.07) is 19.8. The molecule has 0 atom stereocenters. The van der Waals surface area contributed by atoms with Crippen LogP contribution in [-0.2, 0) is 13.2 Å². The fraction of sp³-hybridized carbons (Fsp3) is 0.214. The number of nitrogens with one attached hydrogen (secondary N) is 1. The van der Waals surface area contributed by atoms with Gasteiger partial charge < -0.3 is 10.1 Å². The minimum Gasteiger partial charge on any atom is -0.488 e. The van der Waals surface area contributed by atoms with Crippen LogP contribution in [0.25, 0.3) is 0 Å². The molecule has 174 valence electrons. The van der Waals surface area contributed by atoms with Gasteiger partial charge in [0.1, 0.15) is 18.2 Å². The first kappa shape index (κ1) is 23.2. The Morgan fingerprint density at radius 2 is 1.53 bits per heavy atom. The molecule has 1 aromatic heterocycles. The molecule has 0 bridgehead atoms. The van der Waals surface area contributed by atoms with Crippen molar-refractivity contribution in [3.63, 3.8) is 0 Å². The van der Waals surface area contributed by atoms with E-state index in [0.717, 1.165) is 39.4 Å². The zero-order valence-corrected chi connectivity index (χ0v) is 19.9. The van der Waals surface area contributed by atoms with Crippen LogP contribution < -0.4 is 10.1 Å². The summed E-state index contributed by atoms with van der Waals surface area (Å²) in [7, 11) is 0. The van der Waals surface area contributed by atoms with Crippen molar-refractivity contribution in [1.82, 2.24) is 9.78 Å². The molecule has 0 aliphatic heterocycles. The molecule has 34 heavy (non-hydrogen) atoms. The highest BCUT2D eigenvalue weighted by atomic mass is 19.1. The van der Waals surface area contributed by atoms with Crippen LogP contribution in [0.15, 0.2) is 66.7 Å². The van der Waals surface area contributed by atoms with E-state index in [-0.39, 0.29) is 11.7 Å². The molecule has 0 saturated carbocycles. The molecule has 5 nitrogen and oxygen atoms in total. The van der Waals surface area contributed by atoms with Gasteiger partial charge in [-0.2, -0.15) is 5.10 Å². The maximum absolute atomic E-state index is 13.2. The van der Waals surface area contributed by atoms with Gasteiger partial charge in [-0.15, -0.1) is 0 Å². The van der Waals surface area contributed by atoms with E-state index in [1.807, 2.05) is 62.7 Å². The normalized spacial score (nSPS) is 10.9. The van der Waals surface area contributed by atoms with Crippen LogP contribution in [0.4, 0.5) is 10.1 Å². The molecule has 4 aromatic rings. The average Bonchev–Trinajstić information content (AvgIpc) is 3.08. The van der Waals surface area contributed by atoms with E-state index in [9.17, 15) is 9.18 Å². The van der Waals surface area contributed by atoms with Gasteiger partial charge in [-0.25, -0.2) is 4.39 Å². The van der Waals surface area contributed by atoms with E-state index in [1.54, 1.807) is 24.3 Å². The lowest BCUT2D eigenvalue weighted by Crippen LogP contribution is -2.13. The number of carbonyl (C=O) groups excluding carboxylic acids is 1. The van der Waals surface area contributed by atoms with Crippen molar-refractivity contribution in [2.24, 2.45) is 0 Å². The van der Waals surface area contributed by atoms with Crippen molar-refractivity contribution >= 4 is 11.6 Å². The number of halogens is 1. The maximum atomic E-state index is 13.2. The second kappa shape index (κ2) is 9.91. The molecule has 0 aliphatic carbocycles. The number of aromatic nitrogens is 2. The van der Waals surface area contributed by atoms with Crippen LogP contribution in [0, 0.1) is 33.5 Å². The second-order valence-electron chi connectivity index (χ2n) is 8.49. The Morgan fingerprint density at radius 1 is 0.912 bits per heavy atom. The summed E-state index contributed by atoms with van der Waals surface area (Å²) in [6.45, 7) is 8.76. The molecule has 0 radical (unpaired) electrons. The first-order valence-corrected chi connectivity index (χ1v) is 11.2. The smallest absolute Gasteiger partial charge is 0.255 e. The van der Waals surface area contributed by atoms with Gasteiger partial charge in [0.05, 0.1) is 23.6 Å². The highest BCUT2D eigenvalue weighted by molar-refractivity contribution is 6.04. The van der Waals surface area contributed by atoms with Gasteiger partial charge in [0.2, 0.25) is 0 Å². The van der Waals surface area contributed by atoms with Crippen molar-refractivity contribution in [2.45, 2.75) is 40.8 Å². The number of hydrogen-bond acceptors (Lipinski definition) is 3. The SMILES string of the molecule is Cc1cccc(C)c1OCc1ccc(C(=O)Nc2c(C)nn(Cc3ccc(F)cc3)c2C)cc1. The summed E-state index contributed by atoms with van der Waals surface area (Å²) in [5.74, 6) is 0.426. The highest BCUT2D eigenvalue weighted by Crippen LogP contribution is 2.24. The van der Waals surface area contributed by atoms with Gasteiger partial charge in [0.15, 0.2) is 0 Å². The molecule has 3 aromatic carbocycles. The lowest BCUT2D eigenvalue weighted by atomic mass is 10.1. The van der Waals surface area contributed by atoms with Crippen LogP contribution >= 0.6 is 0 Å². The number of carbonyl (C=O) groups is 1. The number of hydrogen-bond donors (Lipinski definition) is 1. The van der Waals surface area contributed by atoms with Gasteiger partial charge >= 0.3 is 0 Å². The van der Waals surface area contributed by atoms with Gasteiger partial charge in [-0.1, -0.05) is 42.5 Å². The Morgan fingerprint density at radius 3 is 2.18 bits per heavy atom. The minimum atomic E-state index is -0.270. The summed E-state index contributed by atoms with van der Waals surface area (Å²) in [5, 5.41) is 7.54. The van der Waals surface area contributed by atoms with Gasteiger partial charge in [-0.3, -0.25) is 9.48 Å². The largest absolute Gasteiger partial charge is 0.488 e. The summed E-state index contributed by atoms with van der Waals surface area (Å²) in [6.07, 6.45) is 0. The maximum Gasteiger partial charge on any atom is 0.255 e. The van der Waals surface area contributed by atoms with Gasteiger partial charge in [0.25, 0.3) is 5.91 Å². The first-order valence-electron chi connectivity index (χ1n) is 11.2. The number of nitrogens with zero attached hydrogens (tertiary/aromatic N) is 2. The Kier molecular flexibility index (Phi) is 6.77. The molecule has 4 rings (SSSR count). The predicted molar refractivity (Wildman–Crippen MR) is 132 cm³/mol. The van der Waals surface area contributed by atoms with Crippen LogP contribution in [-0.4, -0.2) is 15.7 Å². The lowest BCUT2D eigenvalue weighted by molar-refractivity contribution is 0.102. The number of aryl methyl sites for hydroxylation is 3. The summed E-state index contributed by atoms with van der Waals surface area (Å²) in [5.41, 5.74) is 6.93. The predicted octanol–water partition coefficient (Wildman–Crippen LogP) is 6.14. The molecule has 0 unspecified atom stereocenters. The third kappa shape index (κ3) is 5.17. The molecule has 0 aliphatic rings. The molecule has 6 heteroatoms. The van der Waals surface area contributed by atoms with Crippen molar-refractivity contribution < 1.29 is 13.9 Å². The Hall–Kier alpha value is -3.93. The van der Waals surface area contributed by atoms with Crippen LogP contribution in [0.5, 0.6) is 5.75 Å². The van der Waals surface area contributed by atoms with E-state index in [2.05, 4.69) is 10.4 Å². The van der Waals surface area contributed by atoms with E-state index < -0.39 is 0 Å². The van der Waals surface area contributed by atoms with Crippen LogP contribution in [0.3, 0.4) is 0 Å². The molecular formula is C28H28FN3O2. The van der Waals surface area contributed by atoms with Gasteiger partial charge in [0, 0.05) is 5.56 Å². The second-order valence-corrected chi connectivity index (χ2v) is 8.49. The minimum absolute atomic E-state index is 0.199. The molecule has 0 fully saturated rings. The Labute approximate surface area is 199 Å². The number of para-hydroxylation sites is 1. The summed E-state index contributed by atoms with van der Waals surface area (Å²) < 4.78 is 21.0. The zero-order chi connectivity index (χ0) is 24.2. The van der Waals surface area contributed by atoms with E-state index >= 15 is 0 Å². The van der Waals surface area contributed by atoms with E-state index in [0.29, 0.717) is 24.4 Å². The number of benzene rings is 3. The number of ether oxygens (including phenoxy) is 1. The standard InChI is InChI=1S/C28H28FN3O2/c1-18-6-5-7-19(2)27(18)34-17-23-8-12-24(13-9-23)28(33)30-26-20(3)31-32(21(26)4)16-22-10-14-25(29)15-11-22/h5-15H,16-17H2,1-4H3,(H,30,33). The average molecular weight is 458 g/mol. The van der Waals surface area contributed by atoms with Crippen LogP contribution in [0.1, 0.15) is 44.0 Å². The first-order chi connectivity index (χ1) is 16.3. The number of rotatable bonds is 7. The fourth-order valence-electron chi connectivity index (χ4n) is 3.91. The molecular weight excluding hydrogens is 429 g/mol. The number of amides is 1. The molecule has 0 spiro atoms. The Bertz CT molecular complexity index is 1290. The van der Waals surface area contributed by atoms with Crippen molar-refractivity contribution in [2.75, 3.05) is 5.32 Å². The van der Waals surface area contributed by atoms with Crippen molar-refractivity contribution in [3.8, 4) is 5.75 Å². The van der Waals surface area contributed by atoms with Crippen molar-refractivity contribution in [1.29, 1.82) is 0 Å². The Balaban J connectivity index is 1.41. The lowest BCUT2D eigenvalue weighted by Gasteiger charge is -2.12. The third-order valence-electron chi connectivity index (χ3n) is 5.87. The fourth-order valence-corrected chi connectivity index (χ4v) is 3.91. The van der Waals surface area contributed by atoms with E-state index in [4.69, 9.17) is 4.74 Å².